The first-order chi connectivity index (χ1) is 11.0. The molecule has 0 radical (unpaired) electrons. The zero-order chi connectivity index (χ0) is 16.8. The Morgan fingerprint density at radius 1 is 1.17 bits per heavy atom. The molecule has 2 aromatic rings. The summed E-state index contributed by atoms with van der Waals surface area (Å²) >= 11 is 1.45. The highest BCUT2D eigenvalue weighted by molar-refractivity contribution is 7.12. The van der Waals surface area contributed by atoms with Crippen LogP contribution >= 0.6 is 11.3 Å². The number of methoxy groups -OCH3 is 1. The van der Waals surface area contributed by atoms with E-state index >= 15 is 0 Å². The summed E-state index contributed by atoms with van der Waals surface area (Å²) in [6, 6.07) is 9.32. The molecule has 0 bridgehead atoms. The number of nitrogens with one attached hydrogen (secondary N) is 2. The zero-order valence-corrected chi connectivity index (χ0v) is 14.2. The van der Waals surface area contributed by atoms with E-state index < -0.39 is 6.09 Å². The van der Waals surface area contributed by atoms with Crippen molar-refractivity contribution in [3.05, 3.63) is 51.7 Å². The molecule has 0 fully saturated rings. The Bertz CT molecular complexity index is 677. The molecule has 0 aliphatic carbocycles. The van der Waals surface area contributed by atoms with Gasteiger partial charge in [0, 0.05) is 12.2 Å². The minimum absolute atomic E-state index is 0.0934. The van der Waals surface area contributed by atoms with Crippen molar-refractivity contribution in [1.82, 2.24) is 5.32 Å². The number of alkyl carbamates (subject to hydrolysis) is 1. The second kappa shape index (κ2) is 7.78. The maximum absolute atomic E-state index is 12.4. The molecule has 0 saturated heterocycles. The summed E-state index contributed by atoms with van der Waals surface area (Å²) in [7, 11) is 1.32. The molecule has 0 aliphatic heterocycles. The molecule has 1 aromatic carbocycles. The minimum atomic E-state index is -0.471. The molecule has 5 nitrogen and oxygen atoms in total. The highest BCUT2D eigenvalue weighted by atomic mass is 32.1. The minimum Gasteiger partial charge on any atom is -0.453 e. The maximum atomic E-state index is 12.4. The molecular formula is C17H20N2O3S. The first kappa shape index (κ1) is 17.0. The quantitative estimate of drug-likeness (QED) is 0.870. The van der Waals surface area contributed by atoms with Crippen molar-refractivity contribution in [2.45, 2.75) is 26.3 Å². The number of carbonyl (C=O) groups excluding carboxylic acids is 2. The third kappa shape index (κ3) is 4.56. The smallest absolute Gasteiger partial charge is 0.407 e. The molecule has 2 rings (SSSR count). The van der Waals surface area contributed by atoms with Crippen molar-refractivity contribution < 1.29 is 14.3 Å². The van der Waals surface area contributed by atoms with Crippen molar-refractivity contribution in [3.63, 3.8) is 0 Å². The molecule has 2 N–H and O–H groups in total. The van der Waals surface area contributed by atoms with E-state index in [0.29, 0.717) is 12.5 Å². The van der Waals surface area contributed by atoms with Crippen LogP contribution in [0.5, 0.6) is 0 Å². The van der Waals surface area contributed by atoms with E-state index in [9.17, 15) is 9.59 Å². The van der Waals surface area contributed by atoms with Gasteiger partial charge in [-0.15, -0.1) is 11.3 Å². The van der Waals surface area contributed by atoms with Crippen LogP contribution in [0.25, 0.3) is 0 Å². The van der Waals surface area contributed by atoms with E-state index in [1.807, 2.05) is 35.7 Å². The van der Waals surface area contributed by atoms with Gasteiger partial charge in [0.15, 0.2) is 0 Å². The van der Waals surface area contributed by atoms with Crippen molar-refractivity contribution in [3.8, 4) is 0 Å². The largest absolute Gasteiger partial charge is 0.453 e. The van der Waals surface area contributed by atoms with Crippen LogP contribution in [0.1, 0.15) is 40.6 Å². The van der Waals surface area contributed by atoms with Crippen molar-refractivity contribution in [2.24, 2.45) is 0 Å². The van der Waals surface area contributed by atoms with Gasteiger partial charge in [0.05, 0.1) is 12.0 Å². The third-order valence-electron chi connectivity index (χ3n) is 3.36. The normalized spacial score (nSPS) is 10.4. The molecule has 0 saturated carbocycles. The maximum Gasteiger partial charge on any atom is 0.407 e. The highest BCUT2D eigenvalue weighted by Gasteiger charge is 2.15. The fourth-order valence-electron chi connectivity index (χ4n) is 2.10. The predicted octanol–water partition coefficient (Wildman–Crippen LogP) is 3.98. The summed E-state index contributed by atoms with van der Waals surface area (Å²) < 4.78 is 4.51. The van der Waals surface area contributed by atoms with E-state index in [1.165, 1.54) is 18.4 Å². The molecule has 23 heavy (non-hydrogen) atoms. The number of hydrogen-bond donors (Lipinski definition) is 2. The van der Waals surface area contributed by atoms with E-state index in [4.69, 9.17) is 0 Å². The molecule has 1 heterocycles. The van der Waals surface area contributed by atoms with Crippen LogP contribution < -0.4 is 10.6 Å². The van der Waals surface area contributed by atoms with Gasteiger partial charge in [-0.25, -0.2) is 4.79 Å². The van der Waals surface area contributed by atoms with Gasteiger partial charge in [0.1, 0.15) is 0 Å². The number of hydrogen-bond acceptors (Lipinski definition) is 4. The van der Waals surface area contributed by atoms with Crippen molar-refractivity contribution in [1.29, 1.82) is 0 Å². The van der Waals surface area contributed by atoms with Crippen LogP contribution in [0.15, 0.2) is 35.7 Å². The molecule has 0 unspecified atom stereocenters. The first-order valence-electron chi connectivity index (χ1n) is 7.30. The summed E-state index contributed by atoms with van der Waals surface area (Å²) in [6.45, 7) is 4.52. The Morgan fingerprint density at radius 2 is 1.87 bits per heavy atom. The van der Waals surface area contributed by atoms with Crippen molar-refractivity contribution >= 4 is 29.0 Å². The van der Waals surface area contributed by atoms with Crippen LogP contribution in [-0.4, -0.2) is 19.1 Å². The fourth-order valence-corrected chi connectivity index (χ4v) is 3.05. The van der Waals surface area contributed by atoms with E-state index in [-0.39, 0.29) is 5.91 Å². The van der Waals surface area contributed by atoms with Crippen LogP contribution in [0.3, 0.4) is 0 Å². The topological polar surface area (TPSA) is 67.4 Å². The number of benzene rings is 1. The Balaban J connectivity index is 1.99. The molecule has 1 aromatic heterocycles. The lowest BCUT2D eigenvalue weighted by atomic mass is 10.0. The lowest BCUT2D eigenvalue weighted by Gasteiger charge is -2.09. The van der Waals surface area contributed by atoms with Crippen LogP contribution in [-0.2, 0) is 11.3 Å². The van der Waals surface area contributed by atoms with Gasteiger partial charge < -0.3 is 15.4 Å². The monoisotopic (exact) mass is 332 g/mol. The Labute approximate surface area is 139 Å². The third-order valence-corrected chi connectivity index (χ3v) is 4.29. The molecule has 122 valence electrons. The van der Waals surface area contributed by atoms with Gasteiger partial charge in [-0.1, -0.05) is 26.0 Å². The summed E-state index contributed by atoms with van der Waals surface area (Å²) in [5.74, 6) is 0.220. The Hall–Kier alpha value is -2.34. The number of amides is 2. The highest BCUT2D eigenvalue weighted by Crippen LogP contribution is 2.25. The number of ether oxygens (including phenoxy) is 1. The van der Waals surface area contributed by atoms with Crippen molar-refractivity contribution in [2.75, 3.05) is 12.4 Å². The SMILES string of the molecule is COC(=O)NCc1ccc(NC(=O)c2sccc2C(C)C)cc1. The average Bonchev–Trinajstić information content (AvgIpc) is 3.04. The average molecular weight is 332 g/mol. The molecule has 0 aliphatic rings. The molecule has 6 heteroatoms. The number of anilines is 1. The van der Waals surface area contributed by atoms with Crippen LogP contribution in [0.2, 0.25) is 0 Å². The Kier molecular flexibility index (Phi) is 5.76. The summed E-state index contributed by atoms with van der Waals surface area (Å²) in [5.41, 5.74) is 2.71. The van der Waals surface area contributed by atoms with E-state index in [1.54, 1.807) is 0 Å². The fraction of sp³-hybridized carbons (Fsp3) is 0.294. The summed E-state index contributed by atoms with van der Waals surface area (Å²) in [6.07, 6.45) is -0.471. The summed E-state index contributed by atoms with van der Waals surface area (Å²) in [5, 5.41) is 7.44. The van der Waals surface area contributed by atoms with Gasteiger partial charge in [-0.05, 0) is 40.6 Å². The standard InChI is InChI=1S/C17H20N2O3S/c1-11(2)14-8-9-23-15(14)16(20)19-13-6-4-12(5-7-13)10-18-17(21)22-3/h4-9,11H,10H2,1-3H3,(H,18,21)(H,19,20). The Morgan fingerprint density at radius 3 is 2.48 bits per heavy atom. The molecule has 0 atom stereocenters. The lowest BCUT2D eigenvalue weighted by molar-refractivity contribution is 0.102. The number of carbonyl (C=O) groups is 2. The first-order valence-corrected chi connectivity index (χ1v) is 8.18. The second-order valence-corrected chi connectivity index (χ2v) is 6.27. The number of thiophene rings is 1. The molecule has 2 amide bonds. The van der Waals surface area contributed by atoms with Gasteiger partial charge in [0.25, 0.3) is 5.91 Å². The van der Waals surface area contributed by atoms with Gasteiger partial charge in [0.2, 0.25) is 0 Å². The van der Waals surface area contributed by atoms with Crippen LogP contribution in [0.4, 0.5) is 10.5 Å². The van der Waals surface area contributed by atoms with Gasteiger partial charge in [-0.2, -0.15) is 0 Å². The number of rotatable bonds is 5. The van der Waals surface area contributed by atoms with E-state index in [2.05, 4.69) is 29.2 Å². The van der Waals surface area contributed by atoms with Gasteiger partial charge in [-0.3, -0.25) is 4.79 Å². The lowest BCUT2D eigenvalue weighted by Crippen LogP contribution is -2.22. The summed E-state index contributed by atoms with van der Waals surface area (Å²) in [4.78, 5) is 24.1. The second-order valence-electron chi connectivity index (χ2n) is 5.36. The van der Waals surface area contributed by atoms with Gasteiger partial charge >= 0.3 is 6.09 Å². The van der Waals surface area contributed by atoms with E-state index in [0.717, 1.165) is 21.7 Å². The zero-order valence-electron chi connectivity index (χ0n) is 13.4. The molecule has 0 spiro atoms. The predicted molar refractivity (Wildman–Crippen MR) is 92.0 cm³/mol. The van der Waals surface area contributed by atoms with Crippen LogP contribution in [0, 0.1) is 0 Å². The molecular weight excluding hydrogens is 312 g/mol.